The lowest BCUT2D eigenvalue weighted by atomic mass is 10.2. The van der Waals surface area contributed by atoms with E-state index in [-0.39, 0.29) is 0 Å². The molecule has 1 aliphatic carbocycles. The minimum absolute atomic E-state index is 0.712. The second-order valence-corrected chi connectivity index (χ2v) is 4.75. The number of halogens is 1. The van der Waals surface area contributed by atoms with Crippen LogP contribution >= 0.6 is 11.6 Å². The van der Waals surface area contributed by atoms with E-state index in [9.17, 15) is 0 Å². The molecule has 1 aromatic rings. The molecule has 1 N–H and O–H groups in total. The van der Waals surface area contributed by atoms with Crippen molar-refractivity contribution >= 4 is 11.6 Å². The monoisotopic (exact) mass is 239 g/mol. The molecule has 1 aliphatic rings. The Balaban J connectivity index is 1.97. The maximum absolute atomic E-state index is 6.14. The van der Waals surface area contributed by atoms with Gasteiger partial charge in [-0.1, -0.05) is 36.6 Å². The zero-order valence-corrected chi connectivity index (χ0v) is 10.4. The van der Waals surface area contributed by atoms with E-state index in [0.717, 1.165) is 36.8 Å². The van der Waals surface area contributed by atoms with Crippen LogP contribution in [-0.4, -0.2) is 13.7 Å². The second-order valence-electron chi connectivity index (χ2n) is 4.34. The van der Waals surface area contributed by atoms with E-state index in [1.54, 1.807) is 0 Å². The number of ether oxygens (including phenoxy) is 1. The molecule has 0 unspecified atom stereocenters. The van der Waals surface area contributed by atoms with Crippen LogP contribution in [0.5, 0.6) is 5.75 Å². The zero-order chi connectivity index (χ0) is 11.4. The standard InChI is InChI=1S/C13H18ClNO/c1-15-9-11-3-2-4-12(14)13(11)16-8-7-10-5-6-10/h2-4,10,15H,5-9H2,1H3. The molecule has 0 bridgehead atoms. The van der Waals surface area contributed by atoms with E-state index >= 15 is 0 Å². The van der Waals surface area contributed by atoms with Gasteiger partial charge >= 0.3 is 0 Å². The summed E-state index contributed by atoms with van der Waals surface area (Å²) in [6.07, 6.45) is 3.90. The molecule has 0 spiro atoms. The first-order valence-electron chi connectivity index (χ1n) is 5.86. The topological polar surface area (TPSA) is 21.3 Å². The predicted molar refractivity (Wildman–Crippen MR) is 67.1 cm³/mol. The molecule has 3 heteroatoms. The number of nitrogens with one attached hydrogen (secondary N) is 1. The van der Waals surface area contributed by atoms with Gasteiger partial charge in [0.15, 0.2) is 0 Å². The third-order valence-corrected chi connectivity index (χ3v) is 3.18. The summed E-state index contributed by atoms with van der Waals surface area (Å²) in [5.74, 6) is 1.74. The Morgan fingerprint density at radius 2 is 2.25 bits per heavy atom. The van der Waals surface area contributed by atoms with Gasteiger partial charge in [-0.05, 0) is 25.5 Å². The molecule has 0 aromatic heterocycles. The first-order valence-corrected chi connectivity index (χ1v) is 6.24. The molecule has 0 aliphatic heterocycles. The lowest BCUT2D eigenvalue weighted by Gasteiger charge is -2.12. The number of para-hydroxylation sites is 1. The molecule has 0 amide bonds. The predicted octanol–water partition coefficient (Wildman–Crippen LogP) is 3.24. The third-order valence-electron chi connectivity index (χ3n) is 2.89. The molecule has 1 aromatic carbocycles. The van der Waals surface area contributed by atoms with Crippen LogP contribution < -0.4 is 10.1 Å². The lowest BCUT2D eigenvalue weighted by molar-refractivity contribution is 0.299. The summed E-state index contributed by atoms with van der Waals surface area (Å²) in [5, 5.41) is 3.84. The van der Waals surface area contributed by atoms with Crippen molar-refractivity contribution in [3.8, 4) is 5.75 Å². The van der Waals surface area contributed by atoms with Crippen LogP contribution in [0.3, 0.4) is 0 Å². The highest BCUT2D eigenvalue weighted by Crippen LogP contribution is 2.33. The second kappa shape index (κ2) is 5.55. The fraction of sp³-hybridized carbons (Fsp3) is 0.538. The van der Waals surface area contributed by atoms with Gasteiger partial charge in [-0.15, -0.1) is 0 Å². The van der Waals surface area contributed by atoms with Crippen molar-refractivity contribution in [2.75, 3.05) is 13.7 Å². The first kappa shape index (κ1) is 11.7. The summed E-state index contributed by atoms with van der Waals surface area (Å²) in [6, 6.07) is 5.89. The van der Waals surface area contributed by atoms with Crippen molar-refractivity contribution in [2.45, 2.75) is 25.8 Å². The zero-order valence-electron chi connectivity index (χ0n) is 9.63. The summed E-state index contributed by atoms with van der Waals surface area (Å²) < 4.78 is 5.80. The van der Waals surface area contributed by atoms with Crippen LogP contribution in [0.25, 0.3) is 0 Å². The van der Waals surface area contributed by atoms with Crippen molar-refractivity contribution in [1.82, 2.24) is 5.32 Å². The molecule has 0 atom stereocenters. The highest BCUT2D eigenvalue weighted by Gasteiger charge is 2.21. The maximum atomic E-state index is 6.14. The summed E-state index contributed by atoms with van der Waals surface area (Å²) >= 11 is 6.14. The lowest BCUT2D eigenvalue weighted by Crippen LogP contribution is -2.08. The van der Waals surface area contributed by atoms with Gasteiger partial charge in [0.1, 0.15) is 5.75 Å². The van der Waals surface area contributed by atoms with Gasteiger partial charge in [0.2, 0.25) is 0 Å². The molecular formula is C13H18ClNO. The van der Waals surface area contributed by atoms with E-state index in [1.807, 2.05) is 19.2 Å². The van der Waals surface area contributed by atoms with Crippen molar-refractivity contribution in [2.24, 2.45) is 5.92 Å². The van der Waals surface area contributed by atoms with Gasteiger partial charge in [-0.3, -0.25) is 0 Å². The molecule has 2 nitrogen and oxygen atoms in total. The van der Waals surface area contributed by atoms with E-state index in [2.05, 4.69) is 11.4 Å². The molecule has 0 saturated heterocycles. The fourth-order valence-electron chi connectivity index (χ4n) is 1.78. The summed E-state index contributed by atoms with van der Waals surface area (Å²) in [4.78, 5) is 0. The molecule has 1 fully saturated rings. The average molecular weight is 240 g/mol. The summed E-state index contributed by atoms with van der Waals surface area (Å²) in [7, 11) is 1.93. The van der Waals surface area contributed by atoms with Crippen LogP contribution in [-0.2, 0) is 6.54 Å². The van der Waals surface area contributed by atoms with E-state index in [1.165, 1.54) is 12.8 Å². The maximum Gasteiger partial charge on any atom is 0.142 e. The molecule has 0 radical (unpaired) electrons. The number of benzene rings is 1. The van der Waals surface area contributed by atoms with Crippen molar-refractivity contribution in [1.29, 1.82) is 0 Å². The van der Waals surface area contributed by atoms with Crippen molar-refractivity contribution < 1.29 is 4.74 Å². The highest BCUT2D eigenvalue weighted by molar-refractivity contribution is 6.32. The Morgan fingerprint density at radius 1 is 1.44 bits per heavy atom. The molecule has 0 heterocycles. The van der Waals surface area contributed by atoms with E-state index in [4.69, 9.17) is 16.3 Å². The van der Waals surface area contributed by atoms with Gasteiger partial charge in [0.25, 0.3) is 0 Å². The number of hydrogen-bond acceptors (Lipinski definition) is 2. The van der Waals surface area contributed by atoms with Crippen LogP contribution in [0.1, 0.15) is 24.8 Å². The van der Waals surface area contributed by atoms with Gasteiger partial charge in [-0.25, -0.2) is 0 Å². The molecule has 16 heavy (non-hydrogen) atoms. The number of rotatable bonds is 6. The Labute approximate surface area is 102 Å². The van der Waals surface area contributed by atoms with Crippen LogP contribution in [0.2, 0.25) is 5.02 Å². The van der Waals surface area contributed by atoms with Gasteiger partial charge in [-0.2, -0.15) is 0 Å². The summed E-state index contributed by atoms with van der Waals surface area (Å²) in [6.45, 7) is 1.57. The Morgan fingerprint density at radius 3 is 2.94 bits per heavy atom. The van der Waals surface area contributed by atoms with Gasteiger partial charge in [0, 0.05) is 12.1 Å². The third kappa shape index (κ3) is 3.13. The molecule has 2 rings (SSSR count). The first-order chi connectivity index (χ1) is 7.81. The van der Waals surface area contributed by atoms with E-state index < -0.39 is 0 Å². The van der Waals surface area contributed by atoms with Crippen molar-refractivity contribution in [3.05, 3.63) is 28.8 Å². The Kier molecular flexibility index (Phi) is 4.08. The van der Waals surface area contributed by atoms with Gasteiger partial charge < -0.3 is 10.1 Å². The summed E-state index contributed by atoms with van der Waals surface area (Å²) in [5.41, 5.74) is 1.13. The Bertz CT molecular complexity index is 350. The van der Waals surface area contributed by atoms with Crippen LogP contribution in [0, 0.1) is 5.92 Å². The van der Waals surface area contributed by atoms with Gasteiger partial charge in [0.05, 0.1) is 11.6 Å². The van der Waals surface area contributed by atoms with Crippen LogP contribution in [0.4, 0.5) is 0 Å². The molecule has 1 saturated carbocycles. The minimum Gasteiger partial charge on any atom is -0.492 e. The highest BCUT2D eigenvalue weighted by atomic mass is 35.5. The van der Waals surface area contributed by atoms with Crippen LogP contribution in [0.15, 0.2) is 18.2 Å². The smallest absolute Gasteiger partial charge is 0.142 e. The van der Waals surface area contributed by atoms with E-state index in [0.29, 0.717) is 5.02 Å². The van der Waals surface area contributed by atoms with Crippen molar-refractivity contribution in [3.63, 3.8) is 0 Å². The molecule has 88 valence electrons. The Hall–Kier alpha value is -0.730. The molecular weight excluding hydrogens is 222 g/mol. The SMILES string of the molecule is CNCc1cccc(Cl)c1OCCC1CC1. The fourth-order valence-corrected chi connectivity index (χ4v) is 2.03. The normalized spacial score (nSPS) is 15.1. The number of hydrogen-bond donors (Lipinski definition) is 1. The quantitative estimate of drug-likeness (QED) is 0.823. The largest absolute Gasteiger partial charge is 0.492 e. The minimum atomic E-state index is 0.712. The average Bonchev–Trinajstić information content (AvgIpc) is 3.06.